The summed E-state index contributed by atoms with van der Waals surface area (Å²) in [5.74, 6) is -0.970. The number of benzene rings is 3. The van der Waals surface area contributed by atoms with Crippen LogP contribution >= 0.6 is 11.6 Å². The van der Waals surface area contributed by atoms with Crippen LogP contribution in [0.15, 0.2) is 18.2 Å². The molecule has 2 aliphatic carbocycles. The van der Waals surface area contributed by atoms with Gasteiger partial charge in [-0.1, -0.05) is 47.6 Å². The van der Waals surface area contributed by atoms with Gasteiger partial charge in [-0.05, 0) is 36.8 Å². The summed E-state index contributed by atoms with van der Waals surface area (Å²) >= 11 is 6.00. The second-order valence-electron chi connectivity index (χ2n) is 15.6. The highest BCUT2D eigenvalue weighted by molar-refractivity contribution is 6.75. The number of esters is 1. The fourth-order valence-corrected chi connectivity index (χ4v) is 13.3. The lowest BCUT2D eigenvalue weighted by Crippen LogP contribution is -2.63. The van der Waals surface area contributed by atoms with E-state index in [9.17, 15) is 4.79 Å². The number of ether oxygens (including phenoxy) is 5. The Hall–Kier alpha value is -4.55. The number of aryl methyl sites for hydroxylation is 2. The maximum absolute atomic E-state index is 15.6. The van der Waals surface area contributed by atoms with Crippen molar-refractivity contribution in [3.05, 3.63) is 46.1 Å². The van der Waals surface area contributed by atoms with E-state index >= 15 is 9.59 Å². The van der Waals surface area contributed by atoms with E-state index in [0.29, 0.717) is 40.1 Å². The molecule has 274 valence electrons. The van der Waals surface area contributed by atoms with Crippen LogP contribution in [-0.4, -0.2) is 65.4 Å². The van der Waals surface area contributed by atoms with Crippen LogP contribution in [0, 0.1) is 6.92 Å². The highest BCUT2D eigenvalue weighted by Crippen LogP contribution is 2.65. The summed E-state index contributed by atoms with van der Waals surface area (Å²) in [6, 6.07) is 5.58. The van der Waals surface area contributed by atoms with Gasteiger partial charge in [0, 0.05) is 27.4 Å². The van der Waals surface area contributed by atoms with E-state index in [1.807, 2.05) is 60.6 Å². The SMILES string of the molecule is COc1cc2c3c(c4c(c(OC(=O)CCl)c3c1OC)C(=O)[C@@]1(CCc3cc5cc(C)nc(OC)c5c(OC)c31)C4=O)O[Si](C(C)(C)C)(C(C)(C)C)O2. The smallest absolute Gasteiger partial charge is 0.471 e. The highest BCUT2D eigenvalue weighted by Gasteiger charge is 2.67. The van der Waals surface area contributed by atoms with Crippen molar-refractivity contribution >= 4 is 59.2 Å². The monoisotopic (exact) mass is 747 g/mol. The van der Waals surface area contributed by atoms with E-state index in [0.717, 1.165) is 16.6 Å². The average molecular weight is 748 g/mol. The van der Waals surface area contributed by atoms with Gasteiger partial charge in [-0.3, -0.25) is 14.4 Å². The molecule has 0 bridgehead atoms. The van der Waals surface area contributed by atoms with Gasteiger partial charge in [0.25, 0.3) is 0 Å². The zero-order chi connectivity index (χ0) is 37.9. The van der Waals surface area contributed by atoms with Crippen LogP contribution in [0.2, 0.25) is 10.1 Å². The molecule has 2 heterocycles. The third kappa shape index (κ3) is 4.49. The van der Waals surface area contributed by atoms with Gasteiger partial charge >= 0.3 is 14.5 Å². The Kier molecular flexibility index (Phi) is 8.08. The normalized spacial score (nSPS) is 18.6. The first kappa shape index (κ1) is 35.8. The fraction of sp³-hybridized carbons (Fsp3) is 0.436. The Morgan fingerprint density at radius 3 is 2.08 bits per heavy atom. The van der Waals surface area contributed by atoms with Crippen molar-refractivity contribution < 1.29 is 46.9 Å². The number of hydrogen-bond acceptors (Lipinski definition) is 11. The summed E-state index contributed by atoms with van der Waals surface area (Å²) in [4.78, 5) is 48.8. The van der Waals surface area contributed by atoms with Crippen molar-refractivity contribution in [2.24, 2.45) is 0 Å². The van der Waals surface area contributed by atoms with Crippen LogP contribution in [0.25, 0.3) is 21.5 Å². The number of nitrogens with zero attached hydrogens (tertiary/aromatic N) is 1. The molecule has 11 nitrogen and oxygen atoms in total. The molecule has 0 N–H and O–H groups in total. The minimum absolute atomic E-state index is 0.0148. The Bertz CT molecular complexity index is 2260. The fourth-order valence-electron chi connectivity index (χ4n) is 8.80. The Morgan fingerprint density at radius 1 is 0.846 bits per heavy atom. The molecule has 13 heteroatoms. The first-order chi connectivity index (χ1) is 24.5. The van der Waals surface area contributed by atoms with Crippen molar-refractivity contribution in [1.29, 1.82) is 0 Å². The molecule has 3 aliphatic rings. The van der Waals surface area contributed by atoms with Gasteiger partial charge in [-0.15, -0.1) is 11.6 Å². The van der Waals surface area contributed by atoms with Gasteiger partial charge in [0.15, 0.2) is 28.8 Å². The molecular formula is C39H42ClNO10Si. The number of halogens is 1. The number of alkyl halides is 1. The molecular weight excluding hydrogens is 706 g/mol. The quantitative estimate of drug-likeness (QED) is 0.0627. The molecule has 0 fully saturated rings. The van der Waals surface area contributed by atoms with Crippen molar-refractivity contribution in [3.63, 3.8) is 0 Å². The number of pyridine rings is 1. The lowest BCUT2D eigenvalue weighted by molar-refractivity contribution is -0.131. The van der Waals surface area contributed by atoms with Gasteiger partial charge in [0.1, 0.15) is 28.5 Å². The van der Waals surface area contributed by atoms with Crippen molar-refractivity contribution in [2.45, 2.75) is 76.8 Å². The number of methoxy groups -OCH3 is 4. The molecule has 1 aromatic heterocycles. The minimum atomic E-state index is -3.46. The Morgan fingerprint density at radius 2 is 1.50 bits per heavy atom. The zero-order valence-corrected chi connectivity index (χ0v) is 33.0. The summed E-state index contributed by atoms with van der Waals surface area (Å²) in [6.45, 7) is 14.1. The molecule has 3 aromatic carbocycles. The topological polar surface area (TPSA) is 129 Å². The number of rotatable bonds is 6. The van der Waals surface area contributed by atoms with E-state index in [4.69, 9.17) is 44.1 Å². The van der Waals surface area contributed by atoms with Crippen molar-refractivity contribution in [1.82, 2.24) is 4.98 Å². The van der Waals surface area contributed by atoms with Crippen LogP contribution in [0.3, 0.4) is 0 Å². The highest BCUT2D eigenvalue weighted by atomic mass is 35.5. The zero-order valence-electron chi connectivity index (χ0n) is 31.3. The van der Waals surface area contributed by atoms with Crippen molar-refractivity contribution in [2.75, 3.05) is 34.3 Å². The molecule has 0 radical (unpaired) electrons. The second-order valence-corrected chi connectivity index (χ2v) is 20.5. The number of aromatic nitrogens is 1. The van der Waals surface area contributed by atoms with Crippen LogP contribution in [-0.2, 0) is 16.6 Å². The van der Waals surface area contributed by atoms with E-state index in [-0.39, 0.29) is 45.9 Å². The van der Waals surface area contributed by atoms with E-state index in [1.165, 1.54) is 28.4 Å². The van der Waals surface area contributed by atoms with Gasteiger partial charge in [-0.25, -0.2) is 4.98 Å². The Labute approximate surface area is 308 Å². The average Bonchev–Trinajstić information content (AvgIpc) is 3.58. The summed E-state index contributed by atoms with van der Waals surface area (Å²) < 4.78 is 43.7. The first-order valence-corrected chi connectivity index (χ1v) is 19.4. The maximum atomic E-state index is 15.6. The van der Waals surface area contributed by atoms with Gasteiger partial charge in [0.05, 0.1) is 55.7 Å². The number of hydrogen-bond donors (Lipinski definition) is 0. The van der Waals surface area contributed by atoms with E-state index in [2.05, 4.69) is 4.98 Å². The van der Waals surface area contributed by atoms with Crippen LogP contribution in [0.5, 0.6) is 40.4 Å². The summed E-state index contributed by atoms with van der Waals surface area (Å²) in [7, 11) is 2.47. The molecule has 0 unspecified atom stereocenters. The molecule has 0 amide bonds. The molecule has 1 spiro atoms. The number of carbonyl (C=O) groups is 3. The molecule has 52 heavy (non-hydrogen) atoms. The lowest BCUT2D eigenvalue weighted by atomic mass is 9.76. The number of Topliss-reactive ketones (excluding diaryl/α,β-unsaturated/α-hetero) is 2. The predicted octanol–water partition coefficient (Wildman–Crippen LogP) is 7.95. The minimum Gasteiger partial charge on any atom is -0.510 e. The standard InChI is InChI=1S/C39H42ClNO10Si/c1-18-14-20-15-19-12-13-39(29(19)33(47-10)24(20)36(41-18)48-11)34(43)27-28(35(39)44)32-25-21(50-52(51-32,37(2,3)4)38(5,6)7)16-22(45-8)30(46-9)26(25)31(27)49-23(42)17-40/h14-16H,12-13,17H2,1-11H3/t39-/m0/s1. The first-order valence-electron chi connectivity index (χ1n) is 17.0. The molecule has 7 rings (SSSR count). The molecule has 0 saturated heterocycles. The third-order valence-corrected chi connectivity index (χ3v) is 15.8. The molecule has 0 saturated carbocycles. The van der Waals surface area contributed by atoms with E-state index < -0.39 is 47.5 Å². The van der Waals surface area contributed by atoms with Crippen LogP contribution < -0.4 is 32.5 Å². The largest absolute Gasteiger partial charge is 0.510 e. The van der Waals surface area contributed by atoms with Crippen LogP contribution in [0.1, 0.15) is 85.5 Å². The summed E-state index contributed by atoms with van der Waals surface area (Å²) in [5.41, 5.74) is 0.106. The van der Waals surface area contributed by atoms with Crippen LogP contribution in [0.4, 0.5) is 0 Å². The molecule has 1 atom stereocenters. The second kappa shape index (κ2) is 11.7. The molecule has 1 aliphatic heterocycles. The van der Waals surface area contributed by atoms with Gasteiger partial charge < -0.3 is 32.5 Å². The molecule has 4 aromatic rings. The van der Waals surface area contributed by atoms with Gasteiger partial charge in [0.2, 0.25) is 5.88 Å². The summed E-state index contributed by atoms with van der Waals surface area (Å²) in [6.07, 6.45) is 0.539. The predicted molar refractivity (Wildman–Crippen MR) is 198 cm³/mol. The number of carbonyl (C=O) groups excluding carboxylic acids is 3. The maximum Gasteiger partial charge on any atom is 0.471 e. The summed E-state index contributed by atoms with van der Waals surface area (Å²) in [5, 5.41) is 0.764. The third-order valence-electron chi connectivity index (χ3n) is 10.7. The lowest BCUT2D eigenvalue weighted by Gasteiger charge is -2.50. The Balaban J connectivity index is 1.66. The number of ketones is 2. The van der Waals surface area contributed by atoms with Crippen molar-refractivity contribution in [3.8, 4) is 40.4 Å². The van der Waals surface area contributed by atoms with Gasteiger partial charge in [-0.2, -0.15) is 0 Å². The number of fused-ring (bicyclic) bond motifs is 5. The van der Waals surface area contributed by atoms with E-state index in [1.54, 1.807) is 6.07 Å².